The van der Waals surface area contributed by atoms with E-state index in [-0.39, 0.29) is 0 Å². The Morgan fingerprint density at radius 2 is 1.93 bits per heavy atom. The molecule has 0 saturated carbocycles. The van der Waals surface area contributed by atoms with Crippen molar-refractivity contribution in [3.63, 3.8) is 0 Å². The van der Waals surface area contributed by atoms with Gasteiger partial charge in [-0.2, -0.15) is 5.10 Å². The molecule has 7 heteroatoms. The first-order valence-corrected chi connectivity index (χ1v) is 8.50. The highest BCUT2D eigenvalue weighted by Crippen LogP contribution is 2.31. The molecule has 5 rings (SSSR count). The van der Waals surface area contributed by atoms with Crippen molar-refractivity contribution < 1.29 is 4.74 Å². The Bertz CT molecular complexity index is 1290. The van der Waals surface area contributed by atoms with Crippen LogP contribution in [0.3, 0.4) is 0 Å². The van der Waals surface area contributed by atoms with E-state index in [4.69, 9.17) is 4.74 Å². The van der Waals surface area contributed by atoms with Crippen molar-refractivity contribution in [3.8, 4) is 28.3 Å². The van der Waals surface area contributed by atoms with Crippen LogP contribution in [0.15, 0.2) is 61.2 Å². The normalized spacial score (nSPS) is 11.3. The van der Waals surface area contributed by atoms with Gasteiger partial charge in [-0.3, -0.25) is 9.67 Å². The second-order valence-electron chi connectivity index (χ2n) is 6.29. The summed E-state index contributed by atoms with van der Waals surface area (Å²) in [5.41, 5.74) is 5.41. The van der Waals surface area contributed by atoms with E-state index in [9.17, 15) is 0 Å². The Morgan fingerprint density at radius 1 is 1.00 bits per heavy atom. The van der Waals surface area contributed by atoms with Crippen LogP contribution in [0.25, 0.3) is 38.9 Å². The fourth-order valence-electron chi connectivity index (χ4n) is 3.25. The molecular formula is C20H16N6O. The van der Waals surface area contributed by atoms with E-state index in [2.05, 4.69) is 26.2 Å². The Labute approximate surface area is 154 Å². The molecule has 0 aliphatic rings. The van der Waals surface area contributed by atoms with Gasteiger partial charge in [-0.1, -0.05) is 12.1 Å². The van der Waals surface area contributed by atoms with Gasteiger partial charge in [0.2, 0.25) is 5.88 Å². The van der Waals surface area contributed by atoms with Crippen molar-refractivity contribution in [1.82, 2.24) is 29.4 Å². The maximum absolute atomic E-state index is 5.54. The first-order chi connectivity index (χ1) is 13.2. The predicted molar refractivity (Wildman–Crippen MR) is 102 cm³/mol. The monoisotopic (exact) mass is 356 g/mol. The number of rotatable bonds is 3. The zero-order valence-electron chi connectivity index (χ0n) is 14.9. The maximum Gasteiger partial charge on any atom is 0.239 e. The summed E-state index contributed by atoms with van der Waals surface area (Å²) in [5.74, 6) is 0.525. The third-order valence-corrected chi connectivity index (χ3v) is 4.57. The molecule has 0 spiro atoms. The first kappa shape index (κ1) is 15.5. The number of fused-ring (bicyclic) bond motifs is 2. The van der Waals surface area contributed by atoms with Gasteiger partial charge in [0.05, 0.1) is 36.3 Å². The zero-order valence-corrected chi connectivity index (χ0v) is 14.9. The molecule has 132 valence electrons. The quantitative estimate of drug-likeness (QED) is 0.496. The summed E-state index contributed by atoms with van der Waals surface area (Å²) < 4.78 is 9.09. The van der Waals surface area contributed by atoms with Gasteiger partial charge in [-0.05, 0) is 24.3 Å². The van der Waals surface area contributed by atoms with Crippen LogP contribution in [0.4, 0.5) is 0 Å². The molecule has 7 nitrogen and oxygen atoms in total. The molecule has 0 N–H and O–H groups in total. The van der Waals surface area contributed by atoms with Crippen LogP contribution < -0.4 is 4.74 Å². The number of methoxy groups -OCH3 is 1. The molecule has 0 amide bonds. The summed E-state index contributed by atoms with van der Waals surface area (Å²) in [6.07, 6.45) is 7.33. The predicted octanol–water partition coefficient (Wildman–Crippen LogP) is 3.35. The molecule has 0 unspecified atom stereocenters. The highest BCUT2D eigenvalue weighted by molar-refractivity contribution is 5.84. The van der Waals surface area contributed by atoms with Crippen LogP contribution in [0.2, 0.25) is 0 Å². The molecule has 4 heterocycles. The van der Waals surface area contributed by atoms with Gasteiger partial charge in [0, 0.05) is 36.0 Å². The molecule has 0 atom stereocenters. The summed E-state index contributed by atoms with van der Waals surface area (Å²) in [6, 6.07) is 12.1. The molecule has 0 aliphatic carbocycles. The molecule has 5 aromatic rings. The van der Waals surface area contributed by atoms with Gasteiger partial charge in [-0.15, -0.1) is 5.10 Å². The summed E-state index contributed by atoms with van der Waals surface area (Å²) in [4.78, 5) is 8.92. The molecule has 0 bridgehead atoms. The van der Waals surface area contributed by atoms with Gasteiger partial charge in [0.15, 0.2) is 5.65 Å². The highest BCUT2D eigenvalue weighted by atomic mass is 16.5. The van der Waals surface area contributed by atoms with E-state index < -0.39 is 0 Å². The number of aromatic nitrogens is 6. The largest absolute Gasteiger partial charge is 0.480 e. The van der Waals surface area contributed by atoms with Gasteiger partial charge in [0.25, 0.3) is 0 Å². The summed E-state index contributed by atoms with van der Waals surface area (Å²) >= 11 is 0. The fraction of sp³-hybridized carbons (Fsp3) is 0.100. The molecular weight excluding hydrogens is 340 g/mol. The van der Waals surface area contributed by atoms with Gasteiger partial charge >= 0.3 is 0 Å². The molecule has 1 aromatic carbocycles. The number of hydrogen-bond donors (Lipinski definition) is 0. The Balaban J connectivity index is 1.69. The van der Waals surface area contributed by atoms with Crippen LogP contribution in [0.5, 0.6) is 5.88 Å². The average Bonchev–Trinajstić information content (AvgIpc) is 3.32. The Kier molecular flexibility index (Phi) is 3.39. The summed E-state index contributed by atoms with van der Waals surface area (Å²) in [6.45, 7) is 0. The smallest absolute Gasteiger partial charge is 0.239 e. The van der Waals surface area contributed by atoms with E-state index in [1.54, 1.807) is 28.7 Å². The van der Waals surface area contributed by atoms with Crippen molar-refractivity contribution in [1.29, 1.82) is 0 Å². The Morgan fingerprint density at radius 3 is 2.74 bits per heavy atom. The fourth-order valence-corrected chi connectivity index (χ4v) is 3.25. The minimum Gasteiger partial charge on any atom is -0.480 e. The molecule has 0 fully saturated rings. The third kappa shape index (κ3) is 2.52. The summed E-state index contributed by atoms with van der Waals surface area (Å²) in [7, 11) is 3.50. The van der Waals surface area contributed by atoms with Crippen molar-refractivity contribution in [2.24, 2.45) is 7.05 Å². The number of ether oxygens (including phenoxy) is 1. The number of nitrogens with zero attached hydrogens (tertiary/aromatic N) is 6. The zero-order chi connectivity index (χ0) is 18.4. The second-order valence-corrected chi connectivity index (χ2v) is 6.29. The standard InChI is InChI=1S/C20H16N6O/c1-25-12-15(10-23-25)16-9-19-22-11-18(26(19)24-20(16)27-2)14-5-6-17-13(8-14)4-3-7-21-17/h3-12H,1-2H3. The average molecular weight is 356 g/mol. The molecule has 0 aliphatic heterocycles. The van der Waals surface area contributed by atoms with Gasteiger partial charge in [-0.25, -0.2) is 9.50 Å². The summed E-state index contributed by atoms with van der Waals surface area (Å²) in [5, 5.41) is 9.98. The number of pyridine rings is 1. The van der Waals surface area contributed by atoms with E-state index in [0.29, 0.717) is 5.88 Å². The molecule has 0 saturated heterocycles. The molecule has 27 heavy (non-hydrogen) atoms. The number of hydrogen-bond acceptors (Lipinski definition) is 5. The van der Waals surface area contributed by atoms with Crippen LogP contribution >= 0.6 is 0 Å². The van der Waals surface area contributed by atoms with Crippen LogP contribution in [-0.2, 0) is 7.05 Å². The second kappa shape index (κ2) is 5.91. The van der Waals surface area contributed by atoms with Crippen LogP contribution in [0, 0.1) is 0 Å². The lowest BCUT2D eigenvalue weighted by atomic mass is 10.1. The minimum absolute atomic E-state index is 0.525. The van der Waals surface area contributed by atoms with E-state index in [0.717, 1.165) is 38.9 Å². The topological polar surface area (TPSA) is 70.1 Å². The first-order valence-electron chi connectivity index (χ1n) is 8.50. The van der Waals surface area contributed by atoms with Crippen molar-refractivity contribution in [3.05, 3.63) is 61.2 Å². The van der Waals surface area contributed by atoms with Crippen LogP contribution in [0.1, 0.15) is 0 Å². The molecule has 0 radical (unpaired) electrons. The highest BCUT2D eigenvalue weighted by Gasteiger charge is 2.15. The maximum atomic E-state index is 5.54. The number of aryl methyl sites for hydroxylation is 1. The van der Waals surface area contributed by atoms with E-state index in [1.165, 1.54) is 0 Å². The third-order valence-electron chi connectivity index (χ3n) is 4.57. The molecule has 4 aromatic heterocycles. The van der Waals surface area contributed by atoms with Crippen LogP contribution in [-0.4, -0.2) is 36.5 Å². The van der Waals surface area contributed by atoms with Gasteiger partial charge < -0.3 is 4.74 Å². The number of benzene rings is 1. The van der Waals surface area contributed by atoms with Crippen molar-refractivity contribution in [2.45, 2.75) is 0 Å². The number of imidazole rings is 1. The van der Waals surface area contributed by atoms with Crippen molar-refractivity contribution in [2.75, 3.05) is 7.11 Å². The van der Waals surface area contributed by atoms with Gasteiger partial charge in [0.1, 0.15) is 0 Å². The minimum atomic E-state index is 0.525. The lowest BCUT2D eigenvalue weighted by Gasteiger charge is -2.08. The van der Waals surface area contributed by atoms with Crippen molar-refractivity contribution >= 4 is 16.6 Å². The lowest BCUT2D eigenvalue weighted by molar-refractivity contribution is 0.392. The SMILES string of the molecule is COc1nn2c(-c3ccc4ncccc4c3)cnc2cc1-c1cnn(C)c1. The Hall–Kier alpha value is -3.74. The van der Waals surface area contributed by atoms with E-state index >= 15 is 0 Å². The van der Waals surface area contributed by atoms with E-state index in [1.807, 2.05) is 49.8 Å². The lowest BCUT2D eigenvalue weighted by Crippen LogP contribution is -2.00.